The molecule has 1 atom stereocenters. The van der Waals surface area contributed by atoms with Crippen LogP contribution in [0.4, 0.5) is 13.2 Å². The molecule has 3 nitrogen and oxygen atoms in total. The summed E-state index contributed by atoms with van der Waals surface area (Å²) in [6.45, 7) is 2.14. The molecule has 0 amide bonds. The summed E-state index contributed by atoms with van der Waals surface area (Å²) in [5.41, 5.74) is 5.78. The molecule has 1 rings (SSSR count). The van der Waals surface area contributed by atoms with E-state index in [0.29, 0.717) is 6.54 Å². The number of nitrogens with two attached hydrogens (primary N) is 1. The molecule has 0 heterocycles. The topological polar surface area (TPSA) is 53.0 Å². The number of hydrogen-bond donors (Lipinski definition) is 1. The Bertz CT molecular complexity index is 290. The number of nitriles is 1. The third-order valence-corrected chi connectivity index (χ3v) is 3.63. The van der Waals surface area contributed by atoms with Crippen LogP contribution in [-0.2, 0) is 0 Å². The predicted octanol–water partition coefficient (Wildman–Crippen LogP) is 2.28. The third-order valence-electron chi connectivity index (χ3n) is 3.63. The van der Waals surface area contributed by atoms with Gasteiger partial charge in [0.2, 0.25) is 0 Å². The summed E-state index contributed by atoms with van der Waals surface area (Å²) in [4.78, 5) is 1.77. The Morgan fingerprint density at radius 3 is 2.28 bits per heavy atom. The Labute approximate surface area is 106 Å². The van der Waals surface area contributed by atoms with Gasteiger partial charge in [-0.1, -0.05) is 6.92 Å². The van der Waals surface area contributed by atoms with E-state index >= 15 is 0 Å². The lowest BCUT2D eigenvalue weighted by molar-refractivity contribution is -0.164. The highest BCUT2D eigenvalue weighted by Gasteiger charge is 2.41. The van der Waals surface area contributed by atoms with Crippen LogP contribution in [-0.4, -0.2) is 36.2 Å². The molecular formula is C12H20F3N3. The number of rotatable bonds is 4. The lowest BCUT2D eigenvalue weighted by Crippen LogP contribution is -2.45. The molecule has 1 fully saturated rings. The number of hydrogen-bond acceptors (Lipinski definition) is 3. The lowest BCUT2D eigenvalue weighted by atomic mass is 9.90. The van der Waals surface area contributed by atoms with Crippen LogP contribution in [0.5, 0.6) is 0 Å². The summed E-state index contributed by atoms with van der Waals surface area (Å²) < 4.78 is 37.7. The SMILES string of the molecule is CCN(CC(C#N)C(F)(F)F)C1CCC(N)CC1. The summed E-state index contributed by atoms with van der Waals surface area (Å²) in [6, 6.07) is 1.67. The molecule has 6 heteroatoms. The monoisotopic (exact) mass is 263 g/mol. The molecule has 0 bridgehead atoms. The van der Waals surface area contributed by atoms with Gasteiger partial charge in [-0.3, -0.25) is 4.90 Å². The maximum atomic E-state index is 12.6. The quantitative estimate of drug-likeness (QED) is 0.846. The normalized spacial score (nSPS) is 26.9. The summed E-state index contributed by atoms with van der Waals surface area (Å²) >= 11 is 0. The molecule has 1 aliphatic carbocycles. The summed E-state index contributed by atoms with van der Waals surface area (Å²) in [5.74, 6) is -1.90. The van der Waals surface area contributed by atoms with Gasteiger partial charge < -0.3 is 5.73 Å². The lowest BCUT2D eigenvalue weighted by Gasteiger charge is -2.36. The van der Waals surface area contributed by atoms with Gasteiger partial charge in [0.05, 0.1) is 6.07 Å². The predicted molar refractivity (Wildman–Crippen MR) is 62.6 cm³/mol. The Hall–Kier alpha value is -0.800. The van der Waals surface area contributed by atoms with Gasteiger partial charge in [-0.2, -0.15) is 18.4 Å². The molecule has 0 aromatic carbocycles. The second kappa shape index (κ2) is 6.39. The molecule has 0 spiro atoms. The van der Waals surface area contributed by atoms with Gasteiger partial charge in [0.25, 0.3) is 0 Å². The van der Waals surface area contributed by atoms with Crippen molar-refractivity contribution in [2.24, 2.45) is 11.7 Å². The zero-order valence-electron chi connectivity index (χ0n) is 10.6. The van der Waals surface area contributed by atoms with E-state index in [-0.39, 0.29) is 18.6 Å². The van der Waals surface area contributed by atoms with Crippen LogP contribution in [0.2, 0.25) is 0 Å². The number of halogens is 3. The minimum absolute atomic E-state index is 0.132. The van der Waals surface area contributed by atoms with Crippen molar-refractivity contribution < 1.29 is 13.2 Å². The maximum Gasteiger partial charge on any atom is 0.405 e. The van der Waals surface area contributed by atoms with E-state index in [2.05, 4.69) is 0 Å². The standard InChI is InChI=1S/C12H20F3N3/c1-2-18(8-9(7-16)12(13,14)15)11-5-3-10(17)4-6-11/h9-11H,2-6,8,17H2,1H3. The minimum Gasteiger partial charge on any atom is -0.328 e. The van der Waals surface area contributed by atoms with Crippen molar-refractivity contribution in [2.45, 2.75) is 50.9 Å². The van der Waals surface area contributed by atoms with E-state index in [1.54, 1.807) is 4.90 Å². The van der Waals surface area contributed by atoms with E-state index < -0.39 is 12.1 Å². The molecule has 1 saturated carbocycles. The number of nitrogens with zero attached hydrogens (tertiary/aromatic N) is 2. The first-order valence-electron chi connectivity index (χ1n) is 6.34. The second-order valence-electron chi connectivity index (χ2n) is 4.88. The second-order valence-corrected chi connectivity index (χ2v) is 4.88. The number of alkyl halides is 3. The molecule has 1 aliphatic rings. The van der Waals surface area contributed by atoms with Crippen molar-refractivity contribution in [1.29, 1.82) is 5.26 Å². The van der Waals surface area contributed by atoms with Crippen molar-refractivity contribution in [3.63, 3.8) is 0 Å². The Kier molecular flexibility index (Phi) is 5.42. The van der Waals surface area contributed by atoms with Crippen molar-refractivity contribution in [3.8, 4) is 6.07 Å². The highest BCUT2D eigenvalue weighted by molar-refractivity contribution is 4.92. The fourth-order valence-electron chi connectivity index (χ4n) is 2.46. The zero-order valence-corrected chi connectivity index (χ0v) is 10.6. The third kappa shape index (κ3) is 4.14. The van der Waals surface area contributed by atoms with Gasteiger partial charge in [-0.15, -0.1) is 0 Å². The van der Waals surface area contributed by atoms with E-state index in [1.165, 1.54) is 6.07 Å². The summed E-state index contributed by atoms with van der Waals surface area (Å²) in [6.07, 6.45) is -1.09. The molecule has 104 valence electrons. The first-order valence-corrected chi connectivity index (χ1v) is 6.34. The van der Waals surface area contributed by atoms with Crippen LogP contribution < -0.4 is 5.73 Å². The Balaban J connectivity index is 2.59. The molecule has 0 aromatic heterocycles. The Morgan fingerprint density at radius 1 is 1.33 bits per heavy atom. The van der Waals surface area contributed by atoms with Crippen molar-refractivity contribution in [3.05, 3.63) is 0 Å². The van der Waals surface area contributed by atoms with Crippen LogP contribution >= 0.6 is 0 Å². The highest BCUT2D eigenvalue weighted by atomic mass is 19.4. The molecule has 18 heavy (non-hydrogen) atoms. The van der Waals surface area contributed by atoms with Gasteiger partial charge >= 0.3 is 6.18 Å². The smallest absolute Gasteiger partial charge is 0.328 e. The van der Waals surface area contributed by atoms with Gasteiger partial charge in [0.15, 0.2) is 5.92 Å². The highest BCUT2D eigenvalue weighted by Crippen LogP contribution is 2.29. The molecular weight excluding hydrogens is 243 g/mol. The van der Waals surface area contributed by atoms with Gasteiger partial charge in [0, 0.05) is 18.6 Å². The molecule has 0 aliphatic heterocycles. The summed E-state index contributed by atoms with van der Waals surface area (Å²) in [7, 11) is 0. The van der Waals surface area contributed by atoms with E-state index in [9.17, 15) is 13.2 Å². The van der Waals surface area contributed by atoms with E-state index in [0.717, 1.165) is 25.7 Å². The molecule has 1 unspecified atom stereocenters. The fourth-order valence-corrected chi connectivity index (χ4v) is 2.46. The van der Waals surface area contributed by atoms with Crippen LogP contribution in [0.3, 0.4) is 0 Å². The fraction of sp³-hybridized carbons (Fsp3) is 0.917. The molecule has 2 N–H and O–H groups in total. The average Bonchev–Trinajstić information content (AvgIpc) is 2.30. The molecule has 0 saturated heterocycles. The van der Waals surface area contributed by atoms with Gasteiger partial charge in [0.1, 0.15) is 0 Å². The van der Waals surface area contributed by atoms with E-state index in [1.807, 2.05) is 6.92 Å². The van der Waals surface area contributed by atoms with Gasteiger partial charge in [-0.25, -0.2) is 0 Å². The molecule has 0 aromatic rings. The largest absolute Gasteiger partial charge is 0.405 e. The molecule has 0 radical (unpaired) electrons. The van der Waals surface area contributed by atoms with Crippen molar-refractivity contribution in [1.82, 2.24) is 4.90 Å². The van der Waals surface area contributed by atoms with Crippen LogP contribution in [0.15, 0.2) is 0 Å². The Morgan fingerprint density at radius 2 is 1.89 bits per heavy atom. The van der Waals surface area contributed by atoms with Crippen LogP contribution in [0.25, 0.3) is 0 Å². The first kappa shape index (κ1) is 15.3. The first-order chi connectivity index (χ1) is 8.38. The zero-order chi connectivity index (χ0) is 13.8. The summed E-state index contributed by atoms with van der Waals surface area (Å²) in [5, 5.41) is 8.63. The van der Waals surface area contributed by atoms with Crippen LogP contribution in [0, 0.1) is 17.2 Å². The van der Waals surface area contributed by atoms with Gasteiger partial charge in [-0.05, 0) is 32.2 Å². The van der Waals surface area contributed by atoms with Crippen molar-refractivity contribution >= 4 is 0 Å². The average molecular weight is 263 g/mol. The van der Waals surface area contributed by atoms with Crippen molar-refractivity contribution in [2.75, 3.05) is 13.1 Å². The van der Waals surface area contributed by atoms with E-state index in [4.69, 9.17) is 11.0 Å². The van der Waals surface area contributed by atoms with Crippen LogP contribution in [0.1, 0.15) is 32.6 Å². The minimum atomic E-state index is -4.44. The maximum absolute atomic E-state index is 12.6.